The molecule has 3 unspecified atom stereocenters. The second-order valence-electron chi connectivity index (χ2n) is 16.7. The number of nitrogens with one attached hydrogen (secondary N) is 1. The topological polar surface area (TPSA) is 89.8 Å². The van der Waals surface area contributed by atoms with Crippen LogP contribution in [0.3, 0.4) is 0 Å². The van der Waals surface area contributed by atoms with Crippen molar-refractivity contribution in [2.45, 2.75) is 283 Å². The van der Waals surface area contributed by atoms with E-state index in [-0.39, 0.29) is 6.61 Å². The van der Waals surface area contributed by atoms with Crippen LogP contribution in [0.4, 0.5) is 0 Å². The molecule has 0 fully saturated rings. The van der Waals surface area contributed by atoms with Crippen molar-refractivity contribution in [2.24, 2.45) is 0 Å². The number of allylic oxidation sites excluding steroid dienone is 2. The Morgan fingerprint density at radius 1 is 0.434 bits per heavy atom. The summed E-state index contributed by atoms with van der Waals surface area (Å²) in [5.41, 5.74) is 0. The van der Waals surface area contributed by atoms with Crippen LogP contribution in [0.25, 0.3) is 0 Å². The van der Waals surface area contributed by atoms with Gasteiger partial charge in [-0.05, 0) is 38.5 Å². The summed E-state index contributed by atoms with van der Waals surface area (Å²) in [4.78, 5) is 12.5. The SMILES string of the molecule is CCCCCCCCCCCCCC/C=C\CCCCCCCCCC(O)C(=O)NC(CO)C(O)CCCCCCCCCCCCCCCCCC. The van der Waals surface area contributed by atoms with Crippen LogP contribution < -0.4 is 5.32 Å². The number of carbonyl (C=O) groups excluding carboxylic acids is 1. The van der Waals surface area contributed by atoms with Gasteiger partial charge < -0.3 is 20.6 Å². The van der Waals surface area contributed by atoms with Crippen molar-refractivity contribution < 1.29 is 20.1 Å². The number of carbonyl (C=O) groups is 1. The fourth-order valence-electron chi connectivity index (χ4n) is 7.60. The first-order chi connectivity index (χ1) is 26.1. The van der Waals surface area contributed by atoms with Crippen LogP contribution in [-0.4, -0.2) is 46.1 Å². The van der Waals surface area contributed by atoms with Crippen molar-refractivity contribution in [1.82, 2.24) is 5.32 Å². The lowest BCUT2D eigenvalue weighted by molar-refractivity contribution is -0.131. The quantitative estimate of drug-likeness (QED) is 0.0369. The molecule has 0 heterocycles. The number of hydrogen-bond donors (Lipinski definition) is 4. The van der Waals surface area contributed by atoms with E-state index in [1.807, 2.05) is 0 Å². The predicted octanol–water partition coefficient (Wildman–Crippen LogP) is 14.0. The van der Waals surface area contributed by atoms with E-state index in [0.717, 1.165) is 32.1 Å². The molecule has 0 radical (unpaired) electrons. The highest BCUT2D eigenvalue weighted by molar-refractivity contribution is 5.80. The summed E-state index contributed by atoms with van der Waals surface area (Å²) in [6.07, 6.45) is 52.2. The fraction of sp³-hybridized carbons (Fsp3) is 0.938. The largest absolute Gasteiger partial charge is 0.394 e. The molecule has 316 valence electrons. The first-order valence-electron chi connectivity index (χ1n) is 24.0. The van der Waals surface area contributed by atoms with Gasteiger partial charge in [0.05, 0.1) is 18.8 Å². The number of aliphatic hydroxyl groups excluding tert-OH is 3. The molecule has 0 aromatic heterocycles. The number of hydrogen-bond acceptors (Lipinski definition) is 4. The monoisotopic (exact) mass is 750 g/mol. The molecule has 0 aromatic carbocycles. The van der Waals surface area contributed by atoms with Gasteiger partial charge in [0, 0.05) is 0 Å². The van der Waals surface area contributed by atoms with Crippen LogP contribution in [0.1, 0.15) is 264 Å². The summed E-state index contributed by atoms with van der Waals surface area (Å²) >= 11 is 0. The van der Waals surface area contributed by atoms with Crippen molar-refractivity contribution in [1.29, 1.82) is 0 Å². The Kier molecular flexibility index (Phi) is 43.1. The minimum atomic E-state index is -1.08. The molecule has 5 heteroatoms. The molecule has 3 atom stereocenters. The molecule has 0 aliphatic heterocycles. The van der Waals surface area contributed by atoms with Gasteiger partial charge in [-0.25, -0.2) is 0 Å². The molecule has 5 nitrogen and oxygen atoms in total. The summed E-state index contributed by atoms with van der Waals surface area (Å²) < 4.78 is 0. The number of aliphatic hydroxyl groups is 3. The lowest BCUT2D eigenvalue weighted by atomic mass is 10.0. The zero-order valence-electron chi connectivity index (χ0n) is 35.9. The van der Waals surface area contributed by atoms with Crippen molar-refractivity contribution in [3.05, 3.63) is 12.2 Å². The molecule has 0 saturated carbocycles. The summed E-state index contributed by atoms with van der Waals surface area (Å²) in [5, 5.41) is 33.4. The third kappa shape index (κ3) is 39.1. The van der Waals surface area contributed by atoms with Gasteiger partial charge in [0.2, 0.25) is 5.91 Å². The summed E-state index contributed by atoms with van der Waals surface area (Å²) in [6, 6.07) is -0.710. The minimum absolute atomic E-state index is 0.312. The number of unbranched alkanes of at least 4 members (excludes halogenated alkanes) is 34. The molecule has 0 spiro atoms. The minimum Gasteiger partial charge on any atom is -0.394 e. The smallest absolute Gasteiger partial charge is 0.249 e. The van der Waals surface area contributed by atoms with Crippen molar-refractivity contribution in [2.75, 3.05) is 6.61 Å². The lowest BCUT2D eigenvalue weighted by Gasteiger charge is -2.23. The van der Waals surface area contributed by atoms with E-state index >= 15 is 0 Å². The standard InChI is InChI=1S/C48H95NO4/c1-3-5-7-9-11-13-15-17-19-21-22-23-24-25-26-27-29-31-33-35-37-39-41-43-47(52)48(53)49-45(44-50)46(51)42-40-38-36-34-32-30-28-20-18-16-14-12-10-8-6-4-2/h25-26,45-47,50-52H,3-24,27-44H2,1-2H3,(H,49,53)/b26-25-. The van der Waals surface area contributed by atoms with E-state index in [9.17, 15) is 20.1 Å². The Labute approximate surface area is 331 Å². The van der Waals surface area contributed by atoms with E-state index in [0.29, 0.717) is 12.8 Å². The van der Waals surface area contributed by atoms with Gasteiger partial charge in [-0.2, -0.15) is 0 Å². The average molecular weight is 750 g/mol. The Morgan fingerprint density at radius 2 is 0.717 bits per heavy atom. The van der Waals surface area contributed by atoms with Gasteiger partial charge >= 0.3 is 0 Å². The van der Waals surface area contributed by atoms with E-state index in [4.69, 9.17) is 0 Å². The molecular weight excluding hydrogens is 655 g/mol. The van der Waals surface area contributed by atoms with E-state index < -0.39 is 24.2 Å². The Balaban J connectivity index is 3.58. The van der Waals surface area contributed by atoms with Crippen LogP contribution in [0.5, 0.6) is 0 Å². The van der Waals surface area contributed by atoms with Crippen LogP contribution in [-0.2, 0) is 4.79 Å². The van der Waals surface area contributed by atoms with Gasteiger partial charge in [0.25, 0.3) is 0 Å². The van der Waals surface area contributed by atoms with E-state index in [1.54, 1.807) is 0 Å². The van der Waals surface area contributed by atoms with Gasteiger partial charge in [-0.3, -0.25) is 4.79 Å². The van der Waals surface area contributed by atoms with Crippen LogP contribution >= 0.6 is 0 Å². The lowest BCUT2D eigenvalue weighted by Crippen LogP contribution is -2.49. The van der Waals surface area contributed by atoms with E-state index in [1.165, 1.54) is 205 Å². The summed E-state index contributed by atoms with van der Waals surface area (Å²) in [5.74, 6) is -0.470. The maximum atomic E-state index is 12.5. The second-order valence-corrected chi connectivity index (χ2v) is 16.7. The zero-order chi connectivity index (χ0) is 38.7. The second kappa shape index (κ2) is 43.8. The molecule has 0 aliphatic carbocycles. The molecule has 0 aromatic rings. The normalized spacial score (nSPS) is 13.5. The summed E-state index contributed by atoms with van der Waals surface area (Å²) in [6.45, 7) is 4.25. The first kappa shape index (κ1) is 52.1. The highest BCUT2D eigenvalue weighted by atomic mass is 16.3. The summed E-state index contributed by atoms with van der Waals surface area (Å²) in [7, 11) is 0. The molecule has 4 N–H and O–H groups in total. The molecular formula is C48H95NO4. The zero-order valence-corrected chi connectivity index (χ0v) is 35.9. The number of amides is 1. The van der Waals surface area contributed by atoms with Crippen LogP contribution in [0, 0.1) is 0 Å². The molecule has 0 aliphatic rings. The first-order valence-corrected chi connectivity index (χ1v) is 24.0. The Bertz CT molecular complexity index is 743. The molecule has 0 bridgehead atoms. The Hall–Kier alpha value is -0.910. The molecule has 1 amide bonds. The highest BCUT2D eigenvalue weighted by Crippen LogP contribution is 2.17. The van der Waals surface area contributed by atoms with Crippen molar-refractivity contribution >= 4 is 5.91 Å². The number of rotatable bonds is 44. The van der Waals surface area contributed by atoms with Gasteiger partial charge in [0.15, 0.2) is 0 Å². The van der Waals surface area contributed by atoms with Crippen LogP contribution in [0.15, 0.2) is 12.2 Å². The van der Waals surface area contributed by atoms with Crippen molar-refractivity contribution in [3.8, 4) is 0 Å². The van der Waals surface area contributed by atoms with Gasteiger partial charge in [-0.15, -0.1) is 0 Å². The van der Waals surface area contributed by atoms with Gasteiger partial charge in [-0.1, -0.05) is 238 Å². The average Bonchev–Trinajstić information content (AvgIpc) is 3.16. The third-order valence-electron chi connectivity index (χ3n) is 11.4. The molecule has 0 saturated heterocycles. The van der Waals surface area contributed by atoms with E-state index in [2.05, 4.69) is 31.3 Å². The molecule has 0 rings (SSSR count). The Morgan fingerprint density at radius 3 is 1.04 bits per heavy atom. The molecule has 53 heavy (non-hydrogen) atoms. The third-order valence-corrected chi connectivity index (χ3v) is 11.4. The highest BCUT2D eigenvalue weighted by Gasteiger charge is 2.23. The van der Waals surface area contributed by atoms with Crippen molar-refractivity contribution in [3.63, 3.8) is 0 Å². The van der Waals surface area contributed by atoms with Crippen LogP contribution in [0.2, 0.25) is 0 Å². The fourth-order valence-corrected chi connectivity index (χ4v) is 7.60. The van der Waals surface area contributed by atoms with Gasteiger partial charge in [0.1, 0.15) is 6.10 Å². The predicted molar refractivity (Wildman–Crippen MR) is 232 cm³/mol. The maximum Gasteiger partial charge on any atom is 0.249 e. The maximum absolute atomic E-state index is 12.5.